The van der Waals surface area contributed by atoms with Gasteiger partial charge in [0, 0.05) is 22.6 Å². The van der Waals surface area contributed by atoms with E-state index >= 15 is 0 Å². The summed E-state index contributed by atoms with van der Waals surface area (Å²) in [4.78, 5) is 31.8. The van der Waals surface area contributed by atoms with Crippen molar-refractivity contribution in [3.63, 3.8) is 0 Å². The van der Waals surface area contributed by atoms with Gasteiger partial charge in [-0.05, 0) is 55.4 Å². The monoisotopic (exact) mass is 567 g/mol. The molecule has 1 aliphatic rings. The molecule has 0 fully saturated rings. The molecule has 0 radical (unpaired) electrons. The maximum Gasteiger partial charge on any atom is 0.341 e. The Morgan fingerprint density at radius 2 is 1.85 bits per heavy atom. The van der Waals surface area contributed by atoms with Crippen LogP contribution in [-0.2, 0) is 22.4 Å². The van der Waals surface area contributed by atoms with Crippen molar-refractivity contribution in [2.45, 2.75) is 43.6 Å². The van der Waals surface area contributed by atoms with Crippen LogP contribution in [0, 0.1) is 11.3 Å². The zero-order valence-electron chi connectivity index (χ0n) is 22.2. The standard InChI is InChI=1S/C32H29N3O3S2/c1-2-38-32(37)29-25-15-13-23(21-9-5-3-6-10-21)19-27(25)40-31(29)35-28(36)17-18-39-30-24(20-33)14-16-26(34-30)22-11-7-4-8-12-22/h3-12,14,16,23H,2,13,15,17-19H2,1H3,(H,35,36). The van der Waals surface area contributed by atoms with Gasteiger partial charge < -0.3 is 10.1 Å². The Bertz CT molecular complexity index is 1550. The van der Waals surface area contributed by atoms with Crippen LogP contribution in [0.1, 0.15) is 57.6 Å². The summed E-state index contributed by atoms with van der Waals surface area (Å²) in [5.41, 5.74) is 5.02. The summed E-state index contributed by atoms with van der Waals surface area (Å²) in [6.07, 6.45) is 2.76. The predicted octanol–water partition coefficient (Wildman–Crippen LogP) is 7.25. The molecule has 1 atom stereocenters. The molecule has 6 nitrogen and oxygen atoms in total. The summed E-state index contributed by atoms with van der Waals surface area (Å²) in [5, 5.41) is 13.7. The number of nitrogens with zero attached hydrogens (tertiary/aromatic N) is 2. The van der Waals surface area contributed by atoms with Crippen LogP contribution in [0.2, 0.25) is 0 Å². The van der Waals surface area contributed by atoms with E-state index in [-0.39, 0.29) is 24.9 Å². The van der Waals surface area contributed by atoms with E-state index in [0.717, 1.165) is 41.0 Å². The molecule has 0 aliphatic heterocycles. The minimum atomic E-state index is -0.386. The number of nitrogens with one attached hydrogen (secondary N) is 1. The number of amides is 1. The lowest BCUT2D eigenvalue weighted by Crippen LogP contribution is -2.17. The highest BCUT2D eigenvalue weighted by Gasteiger charge is 2.30. The number of fused-ring (bicyclic) bond motifs is 1. The van der Waals surface area contributed by atoms with Gasteiger partial charge in [0.05, 0.1) is 23.4 Å². The number of aromatic nitrogens is 1. The van der Waals surface area contributed by atoms with Gasteiger partial charge in [0.2, 0.25) is 5.91 Å². The summed E-state index contributed by atoms with van der Waals surface area (Å²) in [6, 6.07) is 26.0. The molecule has 8 heteroatoms. The molecule has 202 valence electrons. The number of nitriles is 1. The Morgan fingerprint density at radius 3 is 2.58 bits per heavy atom. The number of carbonyl (C=O) groups excluding carboxylic acids is 2. The van der Waals surface area contributed by atoms with Crippen molar-refractivity contribution in [3.05, 3.63) is 99.9 Å². The van der Waals surface area contributed by atoms with E-state index in [0.29, 0.717) is 32.8 Å². The first-order valence-corrected chi connectivity index (χ1v) is 15.1. The third kappa shape index (κ3) is 6.27. The van der Waals surface area contributed by atoms with Crippen molar-refractivity contribution in [1.82, 2.24) is 4.98 Å². The van der Waals surface area contributed by atoms with Crippen LogP contribution in [0.4, 0.5) is 5.00 Å². The van der Waals surface area contributed by atoms with Crippen LogP contribution in [-0.4, -0.2) is 29.2 Å². The summed E-state index contributed by atoms with van der Waals surface area (Å²) in [6.45, 7) is 2.06. The maximum atomic E-state index is 13.0. The number of benzene rings is 2. The van der Waals surface area contributed by atoms with Gasteiger partial charge >= 0.3 is 5.97 Å². The Balaban J connectivity index is 1.28. The lowest BCUT2D eigenvalue weighted by Gasteiger charge is -2.23. The summed E-state index contributed by atoms with van der Waals surface area (Å²) < 4.78 is 5.37. The quantitative estimate of drug-likeness (QED) is 0.169. The highest BCUT2D eigenvalue weighted by molar-refractivity contribution is 7.99. The van der Waals surface area contributed by atoms with E-state index in [9.17, 15) is 14.9 Å². The second kappa shape index (κ2) is 12.9. The largest absolute Gasteiger partial charge is 0.462 e. The Morgan fingerprint density at radius 1 is 1.10 bits per heavy atom. The van der Waals surface area contributed by atoms with Gasteiger partial charge in [0.25, 0.3) is 0 Å². The van der Waals surface area contributed by atoms with Crippen LogP contribution in [0.25, 0.3) is 11.3 Å². The average molecular weight is 568 g/mol. The number of hydrogen-bond acceptors (Lipinski definition) is 7. The van der Waals surface area contributed by atoms with Crippen molar-refractivity contribution in [2.75, 3.05) is 17.7 Å². The maximum absolute atomic E-state index is 13.0. The van der Waals surface area contributed by atoms with E-state index in [4.69, 9.17) is 4.74 Å². The number of ether oxygens (including phenoxy) is 1. The molecular weight excluding hydrogens is 539 g/mol. The molecule has 0 saturated heterocycles. The van der Waals surface area contributed by atoms with Gasteiger partial charge in [0.1, 0.15) is 16.1 Å². The van der Waals surface area contributed by atoms with Crippen molar-refractivity contribution in [2.24, 2.45) is 0 Å². The van der Waals surface area contributed by atoms with E-state index in [1.54, 1.807) is 13.0 Å². The van der Waals surface area contributed by atoms with Gasteiger partial charge in [-0.2, -0.15) is 5.26 Å². The third-order valence-electron chi connectivity index (χ3n) is 6.89. The van der Waals surface area contributed by atoms with Crippen LogP contribution >= 0.6 is 23.1 Å². The molecular formula is C32H29N3O3S2. The molecule has 0 saturated carbocycles. The second-order valence-electron chi connectivity index (χ2n) is 9.45. The molecule has 1 aliphatic carbocycles. The minimum Gasteiger partial charge on any atom is -0.462 e. The van der Waals surface area contributed by atoms with Crippen molar-refractivity contribution >= 4 is 40.0 Å². The topological polar surface area (TPSA) is 92.1 Å². The summed E-state index contributed by atoms with van der Waals surface area (Å²) in [5.74, 6) is 0.259. The van der Waals surface area contributed by atoms with Crippen LogP contribution < -0.4 is 5.32 Å². The first-order chi connectivity index (χ1) is 19.6. The molecule has 0 bridgehead atoms. The van der Waals surface area contributed by atoms with E-state index in [1.807, 2.05) is 42.5 Å². The SMILES string of the molecule is CCOC(=O)c1c(NC(=O)CCSc2nc(-c3ccccc3)ccc2C#N)sc2c1CCC(c1ccccc1)C2. The number of thioether (sulfide) groups is 1. The van der Waals surface area contributed by atoms with Crippen LogP contribution in [0.15, 0.2) is 77.8 Å². The normalized spacial score (nSPS) is 14.2. The zero-order chi connectivity index (χ0) is 27.9. The Kier molecular flexibility index (Phi) is 8.94. The molecule has 1 unspecified atom stereocenters. The van der Waals surface area contributed by atoms with Crippen LogP contribution in [0.5, 0.6) is 0 Å². The molecule has 1 N–H and O–H groups in total. The van der Waals surface area contributed by atoms with Gasteiger partial charge in [0.15, 0.2) is 0 Å². The first kappa shape index (κ1) is 27.6. The molecule has 40 heavy (non-hydrogen) atoms. The van der Waals surface area contributed by atoms with Gasteiger partial charge in [-0.1, -0.05) is 60.7 Å². The molecule has 1 amide bonds. The minimum absolute atomic E-state index is 0.186. The number of rotatable bonds is 9. The van der Waals surface area contributed by atoms with Gasteiger partial charge in [-0.25, -0.2) is 9.78 Å². The highest BCUT2D eigenvalue weighted by Crippen LogP contribution is 2.43. The van der Waals surface area contributed by atoms with E-state index in [2.05, 4.69) is 40.6 Å². The fourth-order valence-electron chi connectivity index (χ4n) is 4.94. The van der Waals surface area contributed by atoms with Crippen molar-refractivity contribution in [1.29, 1.82) is 5.26 Å². The third-order valence-corrected chi connectivity index (χ3v) is 9.05. The smallest absolute Gasteiger partial charge is 0.341 e. The first-order valence-electron chi connectivity index (χ1n) is 13.3. The number of pyridine rings is 1. The molecule has 2 aromatic carbocycles. The molecule has 2 heterocycles. The predicted molar refractivity (Wildman–Crippen MR) is 160 cm³/mol. The highest BCUT2D eigenvalue weighted by atomic mass is 32.2. The van der Waals surface area contributed by atoms with Gasteiger partial charge in [-0.15, -0.1) is 23.1 Å². The van der Waals surface area contributed by atoms with Crippen molar-refractivity contribution in [3.8, 4) is 17.3 Å². The molecule has 2 aromatic heterocycles. The second-order valence-corrected chi connectivity index (χ2v) is 11.6. The summed E-state index contributed by atoms with van der Waals surface area (Å²) in [7, 11) is 0. The van der Waals surface area contributed by atoms with Crippen molar-refractivity contribution < 1.29 is 14.3 Å². The molecule has 0 spiro atoms. The number of esters is 1. The Labute approximate surface area is 242 Å². The molecule has 5 rings (SSSR count). The number of anilines is 1. The Hall–Kier alpha value is -3.93. The molecule has 4 aromatic rings. The average Bonchev–Trinajstić information content (AvgIpc) is 3.35. The van der Waals surface area contributed by atoms with Crippen LogP contribution in [0.3, 0.4) is 0 Å². The van der Waals surface area contributed by atoms with E-state index < -0.39 is 0 Å². The number of carbonyl (C=O) groups is 2. The van der Waals surface area contributed by atoms with E-state index in [1.165, 1.54) is 28.7 Å². The number of hydrogen-bond donors (Lipinski definition) is 1. The lowest BCUT2D eigenvalue weighted by atomic mass is 9.83. The zero-order valence-corrected chi connectivity index (χ0v) is 23.8. The number of thiophene rings is 1. The fraction of sp³-hybridized carbons (Fsp3) is 0.250. The lowest BCUT2D eigenvalue weighted by molar-refractivity contribution is -0.115. The fourth-order valence-corrected chi connectivity index (χ4v) is 7.18. The summed E-state index contributed by atoms with van der Waals surface area (Å²) >= 11 is 2.86. The van der Waals surface area contributed by atoms with Gasteiger partial charge in [-0.3, -0.25) is 4.79 Å².